The molecule has 0 saturated carbocycles. The normalized spacial score (nSPS) is 13.1. The Hall–Kier alpha value is -3.19. The molecule has 0 saturated heterocycles. The zero-order chi connectivity index (χ0) is 19.8. The van der Waals surface area contributed by atoms with Crippen LogP contribution in [0.25, 0.3) is 11.0 Å². The predicted molar refractivity (Wildman–Crippen MR) is 112 cm³/mol. The minimum Gasteiger partial charge on any atom is -0.308 e. The van der Waals surface area contributed by atoms with E-state index in [4.69, 9.17) is 0 Å². The Morgan fingerprint density at radius 2 is 1.86 bits per heavy atom. The molecule has 1 aliphatic rings. The monoisotopic (exact) mass is 404 g/mol. The number of pyridine rings is 1. The summed E-state index contributed by atoms with van der Waals surface area (Å²) in [5, 5.41) is 0.663. The summed E-state index contributed by atoms with van der Waals surface area (Å²) in [6.07, 6.45) is 1.68. The van der Waals surface area contributed by atoms with E-state index >= 15 is 0 Å². The molecule has 0 atom stereocenters. The first kappa shape index (κ1) is 17.9. The Morgan fingerprint density at radius 3 is 2.72 bits per heavy atom. The number of nitrogens with zero attached hydrogens (tertiary/aromatic N) is 4. The molecular weight excluding hydrogens is 387 g/mol. The van der Waals surface area contributed by atoms with Gasteiger partial charge in [-0.15, -0.1) is 11.8 Å². The number of amides is 1. The van der Waals surface area contributed by atoms with E-state index in [9.17, 15) is 9.18 Å². The van der Waals surface area contributed by atoms with Crippen LogP contribution in [-0.4, -0.2) is 27.0 Å². The van der Waals surface area contributed by atoms with Gasteiger partial charge in [-0.2, -0.15) is 0 Å². The molecule has 29 heavy (non-hydrogen) atoms. The Balaban J connectivity index is 1.42. The molecule has 0 fully saturated rings. The first-order valence-corrected chi connectivity index (χ1v) is 10.3. The van der Waals surface area contributed by atoms with Gasteiger partial charge in [-0.25, -0.2) is 14.4 Å². The van der Waals surface area contributed by atoms with Gasteiger partial charge >= 0.3 is 0 Å². The standard InChI is InChI=1S/C22H17FN4OS/c23-16-9-7-15(8-10-16)14-29-20-17(4-3-11-24-20)21(28)27-13-12-26-19-6-2-1-5-18(19)25-22(26)27/h1-11H,12-14H2. The molecule has 2 aromatic carbocycles. The average Bonchev–Trinajstić information content (AvgIpc) is 3.32. The summed E-state index contributed by atoms with van der Waals surface area (Å²) in [6.45, 7) is 1.31. The summed E-state index contributed by atoms with van der Waals surface area (Å²) < 4.78 is 15.2. The fraction of sp³-hybridized carbons (Fsp3) is 0.136. The lowest BCUT2D eigenvalue weighted by Gasteiger charge is -2.15. The number of carbonyl (C=O) groups excluding carboxylic acids is 1. The third kappa shape index (κ3) is 3.27. The van der Waals surface area contributed by atoms with Crippen molar-refractivity contribution in [1.82, 2.24) is 14.5 Å². The van der Waals surface area contributed by atoms with E-state index in [2.05, 4.69) is 14.5 Å². The minimum atomic E-state index is -0.260. The van der Waals surface area contributed by atoms with Gasteiger partial charge in [0.1, 0.15) is 10.8 Å². The van der Waals surface area contributed by atoms with Crippen LogP contribution in [0, 0.1) is 5.82 Å². The number of hydrogen-bond donors (Lipinski definition) is 0. The van der Waals surface area contributed by atoms with Crippen molar-refractivity contribution in [2.45, 2.75) is 17.3 Å². The van der Waals surface area contributed by atoms with Crippen molar-refractivity contribution < 1.29 is 9.18 Å². The molecule has 0 radical (unpaired) electrons. The number of imidazole rings is 1. The minimum absolute atomic E-state index is 0.103. The maximum atomic E-state index is 13.3. The topological polar surface area (TPSA) is 51.0 Å². The highest BCUT2D eigenvalue weighted by Crippen LogP contribution is 2.31. The fourth-order valence-electron chi connectivity index (χ4n) is 3.53. The van der Waals surface area contributed by atoms with Crippen molar-refractivity contribution in [2.75, 3.05) is 11.4 Å². The maximum absolute atomic E-state index is 13.3. The molecule has 0 aliphatic carbocycles. The van der Waals surface area contributed by atoms with Crippen molar-refractivity contribution in [3.63, 3.8) is 0 Å². The fourth-order valence-corrected chi connectivity index (χ4v) is 4.47. The van der Waals surface area contributed by atoms with E-state index in [1.54, 1.807) is 35.4 Å². The summed E-state index contributed by atoms with van der Waals surface area (Å²) in [7, 11) is 0. The van der Waals surface area contributed by atoms with Gasteiger partial charge in [0.05, 0.1) is 16.6 Å². The Bertz CT molecular complexity index is 1210. The van der Waals surface area contributed by atoms with Crippen LogP contribution in [0.1, 0.15) is 15.9 Å². The summed E-state index contributed by atoms with van der Waals surface area (Å²) in [5.41, 5.74) is 3.45. The summed E-state index contributed by atoms with van der Waals surface area (Å²) in [5.74, 6) is 0.920. The Morgan fingerprint density at radius 1 is 1.03 bits per heavy atom. The molecule has 1 amide bonds. The molecule has 7 heteroatoms. The lowest BCUT2D eigenvalue weighted by Crippen LogP contribution is -2.30. The van der Waals surface area contributed by atoms with Gasteiger partial charge in [-0.3, -0.25) is 9.69 Å². The largest absolute Gasteiger partial charge is 0.308 e. The molecule has 0 unspecified atom stereocenters. The zero-order valence-corrected chi connectivity index (χ0v) is 16.3. The summed E-state index contributed by atoms with van der Waals surface area (Å²) in [6, 6.07) is 17.8. The second kappa shape index (κ2) is 7.33. The number of fused-ring (bicyclic) bond motifs is 3. The van der Waals surface area contributed by atoms with Gasteiger partial charge in [-0.05, 0) is 42.0 Å². The van der Waals surface area contributed by atoms with Crippen LogP contribution in [0.4, 0.5) is 10.3 Å². The molecule has 0 spiro atoms. The smallest absolute Gasteiger partial charge is 0.263 e. The van der Waals surface area contributed by atoms with E-state index in [1.165, 1.54) is 23.9 Å². The number of carbonyl (C=O) groups is 1. The molecule has 1 aliphatic heterocycles. The molecule has 4 aromatic rings. The second-order valence-corrected chi connectivity index (χ2v) is 7.74. The van der Waals surface area contributed by atoms with Gasteiger partial charge < -0.3 is 4.57 Å². The SMILES string of the molecule is O=C(c1cccnc1SCc1ccc(F)cc1)N1CCn2c1nc1ccccc12. The van der Waals surface area contributed by atoms with Crippen molar-refractivity contribution in [1.29, 1.82) is 0 Å². The second-order valence-electron chi connectivity index (χ2n) is 6.78. The summed E-state index contributed by atoms with van der Waals surface area (Å²) in [4.78, 5) is 24.1. The highest BCUT2D eigenvalue weighted by atomic mass is 32.2. The van der Waals surface area contributed by atoms with E-state index in [0.29, 0.717) is 28.8 Å². The van der Waals surface area contributed by atoms with Gasteiger partial charge in [0.25, 0.3) is 5.91 Å². The van der Waals surface area contributed by atoms with Crippen LogP contribution in [-0.2, 0) is 12.3 Å². The van der Waals surface area contributed by atoms with Crippen LogP contribution >= 0.6 is 11.8 Å². The molecule has 0 bridgehead atoms. The van der Waals surface area contributed by atoms with Crippen LogP contribution in [0.3, 0.4) is 0 Å². The third-order valence-electron chi connectivity index (χ3n) is 4.96. The van der Waals surface area contributed by atoms with Crippen LogP contribution in [0.2, 0.25) is 0 Å². The van der Waals surface area contributed by atoms with Gasteiger partial charge in [0, 0.05) is 25.0 Å². The van der Waals surface area contributed by atoms with E-state index in [-0.39, 0.29) is 11.7 Å². The lowest BCUT2D eigenvalue weighted by atomic mass is 10.2. The van der Waals surface area contributed by atoms with Crippen LogP contribution < -0.4 is 4.90 Å². The first-order valence-electron chi connectivity index (χ1n) is 9.30. The third-order valence-corrected chi connectivity index (χ3v) is 6.03. The number of rotatable bonds is 4. The highest BCUT2D eigenvalue weighted by molar-refractivity contribution is 7.98. The molecular formula is C22H17FN4OS. The van der Waals surface area contributed by atoms with E-state index < -0.39 is 0 Å². The molecule has 5 rings (SSSR count). The molecule has 2 aromatic heterocycles. The van der Waals surface area contributed by atoms with Crippen molar-refractivity contribution in [3.05, 3.63) is 83.8 Å². The highest BCUT2D eigenvalue weighted by Gasteiger charge is 2.30. The number of anilines is 1. The molecule has 144 valence electrons. The van der Waals surface area contributed by atoms with E-state index in [1.807, 2.05) is 24.3 Å². The number of aromatic nitrogens is 3. The number of hydrogen-bond acceptors (Lipinski definition) is 4. The van der Waals surface area contributed by atoms with Gasteiger partial charge in [0.15, 0.2) is 0 Å². The molecule has 3 heterocycles. The van der Waals surface area contributed by atoms with Crippen molar-refractivity contribution in [2.24, 2.45) is 0 Å². The summed E-state index contributed by atoms with van der Waals surface area (Å²) >= 11 is 1.47. The van der Waals surface area contributed by atoms with E-state index in [0.717, 1.165) is 23.1 Å². The number of benzene rings is 2. The average molecular weight is 404 g/mol. The number of halogens is 1. The number of thioether (sulfide) groups is 1. The predicted octanol–water partition coefficient (Wildman–Crippen LogP) is 4.52. The molecule has 5 nitrogen and oxygen atoms in total. The number of para-hydroxylation sites is 2. The quantitative estimate of drug-likeness (QED) is 0.469. The van der Waals surface area contributed by atoms with Gasteiger partial charge in [0.2, 0.25) is 5.95 Å². The lowest BCUT2D eigenvalue weighted by molar-refractivity contribution is 0.0985. The Kier molecular flexibility index (Phi) is 4.52. The van der Waals surface area contributed by atoms with Gasteiger partial charge in [-0.1, -0.05) is 24.3 Å². The van der Waals surface area contributed by atoms with Crippen LogP contribution in [0.5, 0.6) is 0 Å². The zero-order valence-electron chi connectivity index (χ0n) is 15.5. The van der Waals surface area contributed by atoms with Crippen molar-refractivity contribution in [3.8, 4) is 0 Å². The first-order chi connectivity index (χ1) is 14.2. The van der Waals surface area contributed by atoms with Crippen molar-refractivity contribution >= 4 is 34.7 Å². The Labute approximate surface area is 171 Å². The van der Waals surface area contributed by atoms with Crippen LogP contribution in [0.15, 0.2) is 71.9 Å². The molecule has 0 N–H and O–H groups in total. The maximum Gasteiger partial charge on any atom is 0.263 e.